The minimum absolute atomic E-state index is 0.889. The smallest absolute Gasteiger partial charge is 0.0346 e. The molecule has 0 amide bonds. The van der Waals surface area contributed by atoms with Crippen LogP contribution in [-0.4, -0.2) is 4.98 Å². The number of aromatic nitrogens is 1. The maximum Gasteiger partial charge on any atom is 0.0346 e. The summed E-state index contributed by atoms with van der Waals surface area (Å²) >= 11 is 0. The van der Waals surface area contributed by atoms with Crippen LogP contribution in [0.25, 0.3) is 16.7 Å². The third-order valence-corrected chi connectivity index (χ3v) is 4.11. The van der Waals surface area contributed by atoms with Gasteiger partial charge in [0.15, 0.2) is 0 Å². The van der Waals surface area contributed by atoms with Crippen molar-refractivity contribution in [2.45, 2.75) is 13.3 Å². The maximum atomic E-state index is 4.43. The summed E-state index contributed by atoms with van der Waals surface area (Å²) in [5.41, 5.74) is 7.85. The lowest BCUT2D eigenvalue weighted by molar-refractivity contribution is 1.15. The summed E-state index contributed by atoms with van der Waals surface area (Å²) in [4.78, 5) is 4.43. The summed E-state index contributed by atoms with van der Waals surface area (Å²) in [7, 11) is 0. The molecule has 24 heavy (non-hydrogen) atoms. The zero-order chi connectivity index (χ0) is 16.9. The first kappa shape index (κ1) is 15.9. The van der Waals surface area contributed by atoms with Gasteiger partial charge in [-0.2, -0.15) is 0 Å². The van der Waals surface area contributed by atoms with Gasteiger partial charge in [-0.25, -0.2) is 0 Å². The molecule has 0 saturated heterocycles. The minimum atomic E-state index is 0.889. The molecule has 118 valence electrons. The lowest BCUT2D eigenvalue weighted by Crippen LogP contribution is -1.91. The molecule has 0 bridgehead atoms. The monoisotopic (exact) mass is 311 g/mol. The summed E-state index contributed by atoms with van der Waals surface area (Å²) < 4.78 is 0. The van der Waals surface area contributed by atoms with Crippen molar-refractivity contribution >= 4 is 5.57 Å². The van der Waals surface area contributed by atoms with Crippen molar-refractivity contribution in [2.24, 2.45) is 0 Å². The number of nitrogens with zero attached hydrogens (tertiary/aromatic N) is 1. The second-order valence-corrected chi connectivity index (χ2v) is 6.08. The van der Waals surface area contributed by atoms with E-state index < -0.39 is 0 Å². The van der Waals surface area contributed by atoms with E-state index in [-0.39, 0.29) is 0 Å². The Hall–Kier alpha value is -2.93. The summed E-state index contributed by atoms with van der Waals surface area (Å²) in [5, 5.41) is 0. The Morgan fingerprint density at radius 2 is 1.62 bits per heavy atom. The van der Waals surface area contributed by atoms with Gasteiger partial charge in [0.25, 0.3) is 0 Å². The van der Waals surface area contributed by atoms with Crippen molar-refractivity contribution < 1.29 is 0 Å². The molecule has 0 fully saturated rings. The summed E-state index contributed by atoms with van der Waals surface area (Å²) in [6.07, 6.45) is 4.74. The molecule has 0 saturated carbocycles. The van der Waals surface area contributed by atoms with E-state index in [1.54, 1.807) is 0 Å². The van der Waals surface area contributed by atoms with E-state index in [0.29, 0.717) is 0 Å². The van der Waals surface area contributed by atoms with Crippen LogP contribution in [0.2, 0.25) is 0 Å². The molecule has 1 heteroatoms. The average molecular weight is 311 g/mol. The third kappa shape index (κ3) is 3.69. The number of hydrogen-bond donors (Lipinski definition) is 0. The van der Waals surface area contributed by atoms with Crippen LogP contribution in [0.4, 0.5) is 0 Å². The largest absolute Gasteiger partial charge is 0.264 e. The van der Waals surface area contributed by atoms with Crippen LogP contribution >= 0.6 is 0 Å². The molecule has 1 heterocycles. The van der Waals surface area contributed by atoms with E-state index in [9.17, 15) is 0 Å². The van der Waals surface area contributed by atoms with Crippen LogP contribution in [0.3, 0.4) is 0 Å². The molecule has 0 N–H and O–H groups in total. The van der Waals surface area contributed by atoms with Crippen molar-refractivity contribution in [1.82, 2.24) is 4.98 Å². The van der Waals surface area contributed by atoms with E-state index in [1.165, 1.54) is 11.1 Å². The second-order valence-electron chi connectivity index (χ2n) is 6.08. The van der Waals surface area contributed by atoms with E-state index in [1.807, 2.05) is 25.4 Å². The molecule has 0 atom stereocenters. The highest BCUT2D eigenvalue weighted by molar-refractivity contribution is 5.79. The first-order valence-electron chi connectivity index (χ1n) is 8.07. The normalized spacial score (nSPS) is 10.4. The Kier molecular flexibility index (Phi) is 4.72. The third-order valence-electron chi connectivity index (χ3n) is 4.11. The highest BCUT2D eigenvalue weighted by Gasteiger charge is 2.05. The molecule has 0 unspecified atom stereocenters. The lowest BCUT2D eigenvalue weighted by atomic mass is 9.96. The van der Waals surface area contributed by atoms with Crippen LogP contribution in [0, 0.1) is 0 Å². The Labute approximate surface area is 144 Å². The van der Waals surface area contributed by atoms with Gasteiger partial charge in [-0.3, -0.25) is 4.98 Å². The fraction of sp³-hybridized carbons (Fsp3) is 0.0870. The van der Waals surface area contributed by atoms with Gasteiger partial charge in [-0.1, -0.05) is 67.3 Å². The van der Waals surface area contributed by atoms with E-state index in [0.717, 1.165) is 34.3 Å². The molecule has 1 aromatic heterocycles. The number of benzene rings is 2. The Morgan fingerprint density at radius 1 is 0.833 bits per heavy atom. The summed E-state index contributed by atoms with van der Waals surface area (Å²) in [6.45, 7) is 10.1. The fourth-order valence-electron chi connectivity index (χ4n) is 2.71. The van der Waals surface area contributed by atoms with Gasteiger partial charge in [-0.15, -0.1) is 0 Å². The van der Waals surface area contributed by atoms with Gasteiger partial charge >= 0.3 is 0 Å². The molecule has 3 aromatic rings. The van der Waals surface area contributed by atoms with Gasteiger partial charge in [0.1, 0.15) is 0 Å². The maximum absolute atomic E-state index is 4.43. The van der Waals surface area contributed by atoms with Crippen molar-refractivity contribution in [3.63, 3.8) is 0 Å². The molecular formula is C23H21N. The minimum Gasteiger partial charge on any atom is -0.264 e. The van der Waals surface area contributed by atoms with Crippen LogP contribution in [0.5, 0.6) is 0 Å². The van der Waals surface area contributed by atoms with E-state index >= 15 is 0 Å². The topological polar surface area (TPSA) is 12.9 Å². The van der Waals surface area contributed by atoms with Gasteiger partial charge in [0.05, 0.1) is 0 Å². The number of pyridine rings is 1. The molecule has 0 aliphatic carbocycles. The Morgan fingerprint density at radius 3 is 2.38 bits per heavy atom. The SMILES string of the molecule is C=C(C)C(=C)c1cccc(-c2cncc(Cc3ccccc3)c2)c1. The predicted molar refractivity (Wildman–Crippen MR) is 103 cm³/mol. The van der Waals surface area contributed by atoms with Crippen LogP contribution in [0.1, 0.15) is 23.6 Å². The van der Waals surface area contributed by atoms with Crippen molar-refractivity contribution in [3.05, 3.63) is 108 Å². The highest BCUT2D eigenvalue weighted by atomic mass is 14.6. The first-order valence-corrected chi connectivity index (χ1v) is 8.07. The Bertz CT molecular complexity index is 875. The highest BCUT2D eigenvalue weighted by Crippen LogP contribution is 2.26. The van der Waals surface area contributed by atoms with E-state index in [2.05, 4.69) is 72.7 Å². The quantitative estimate of drug-likeness (QED) is 0.532. The molecule has 1 nitrogen and oxygen atoms in total. The van der Waals surface area contributed by atoms with Crippen molar-refractivity contribution in [1.29, 1.82) is 0 Å². The van der Waals surface area contributed by atoms with Crippen LogP contribution < -0.4 is 0 Å². The lowest BCUT2D eigenvalue weighted by Gasteiger charge is -2.09. The zero-order valence-electron chi connectivity index (χ0n) is 14.0. The number of hydrogen-bond acceptors (Lipinski definition) is 1. The molecule has 2 aromatic carbocycles. The first-order chi connectivity index (χ1) is 11.6. The fourth-order valence-corrected chi connectivity index (χ4v) is 2.71. The van der Waals surface area contributed by atoms with Crippen LogP contribution in [0.15, 0.2) is 91.8 Å². The Balaban J connectivity index is 1.90. The number of rotatable bonds is 5. The summed E-state index contributed by atoms with van der Waals surface area (Å²) in [6, 6.07) is 21.1. The van der Waals surface area contributed by atoms with Gasteiger partial charge in [-0.05, 0) is 53.3 Å². The van der Waals surface area contributed by atoms with Gasteiger partial charge < -0.3 is 0 Å². The van der Waals surface area contributed by atoms with E-state index in [4.69, 9.17) is 0 Å². The number of allylic oxidation sites excluding steroid dienone is 2. The molecule has 0 aliphatic heterocycles. The average Bonchev–Trinajstić information content (AvgIpc) is 2.62. The standard InChI is InChI=1S/C23H21N/c1-17(2)18(3)21-10-7-11-22(14-21)23-13-20(15-24-16-23)12-19-8-5-4-6-9-19/h4-11,13-16H,1,3,12H2,2H3. The van der Waals surface area contributed by atoms with Crippen LogP contribution in [-0.2, 0) is 6.42 Å². The molecule has 3 rings (SSSR count). The van der Waals surface area contributed by atoms with Gasteiger partial charge in [0.2, 0.25) is 0 Å². The predicted octanol–water partition coefficient (Wildman–Crippen LogP) is 5.93. The zero-order valence-corrected chi connectivity index (χ0v) is 14.0. The summed E-state index contributed by atoms with van der Waals surface area (Å²) in [5.74, 6) is 0. The van der Waals surface area contributed by atoms with Crippen molar-refractivity contribution in [3.8, 4) is 11.1 Å². The molecule has 0 aliphatic rings. The van der Waals surface area contributed by atoms with Gasteiger partial charge in [0, 0.05) is 18.0 Å². The molecular weight excluding hydrogens is 290 g/mol. The second kappa shape index (κ2) is 7.10. The molecule has 0 spiro atoms. The van der Waals surface area contributed by atoms with Crippen molar-refractivity contribution in [2.75, 3.05) is 0 Å². The molecule has 0 radical (unpaired) electrons.